The Kier molecular flexibility index (Phi) is 5.63. The standard InChI is InChI=1S/C14H21ClN2O2/c1-9(16-3)11-6-7-13(12(15)8-11)19-10(2)14(18)17(4)5/h6-10,16H,1-5H3. The second-order valence-electron chi connectivity index (χ2n) is 4.69. The van der Waals surface area contributed by atoms with Crippen molar-refractivity contribution in [2.45, 2.75) is 26.0 Å². The van der Waals surface area contributed by atoms with Crippen molar-refractivity contribution in [2.75, 3.05) is 21.1 Å². The highest BCUT2D eigenvalue weighted by molar-refractivity contribution is 6.32. The second-order valence-corrected chi connectivity index (χ2v) is 5.10. The fourth-order valence-corrected chi connectivity index (χ4v) is 1.89. The molecule has 0 radical (unpaired) electrons. The number of rotatable bonds is 5. The Balaban J connectivity index is 2.83. The average Bonchev–Trinajstić information content (AvgIpc) is 2.38. The predicted octanol–water partition coefficient (Wildman–Crippen LogP) is 2.48. The van der Waals surface area contributed by atoms with Gasteiger partial charge in [-0.15, -0.1) is 0 Å². The molecule has 1 amide bonds. The first kappa shape index (κ1) is 15.8. The number of nitrogens with zero attached hydrogens (tertiary/aromatic N) is 1. The average molecular weight is 285 g/mol. The van der Waals surface area contributed by atoms with Crippen LogP contribution in [0.15, 0.2) is 18.2 Å². The van der Waals surface area contributed by atoms with Crippen LogP contribution in [-0.4, -0.2) is 38.1 Å². The first-order valence-electron chi connectivity index (χ1n) is 6.21. The maximum atomic E-state index is 11.7. The Bertz CT molecular complexity index is 449. The van der Waals surface area contributed by atoms with Gasteiger partial charge < -0.3 is 15.0 Å². The molecule has 0 bridgehead atoms. The number of hydrogen-bond acceptors (Lipinski definition) is 3. The first-order chi connectivity index (χ1) is 8.86. The summed E-state index contributed by atoms with van der Waals surface area (Å²) in [6, 6.07) is 5.80. The summed E-state index contributed by atoms with van der Waals surface area (Å²) in [7, 11) is 5.28. The van der Waals surface area contributed by atoms with Crippen molar-refractivity contribution in [1.29, 1.82) is 0 Å². The molecule has 19 heavy (non-hydrogen) atoms. The molecule has 0 aliphatic rings. The van der Waals surface area contributed by atoms with Crippen LogP contribution in [0.2, 0.25) is 5.02 Å². The van der Waals surface area contributed by atoms with Gasteiger partial charge in [-0.05, 0) is 38.6 Å². The largest absolute Gasteiger partial charge is 0.479 e. The molecule has 0 aromatic heterocycles. The summed E-state index contributed by atoms with van der Waals surface area (Å²) in [4.78, 5) is 13.2. The van der Waals surface area contributed by atoms with E-state index in [1.807, 2.05) is 26.1 Å². The van der Waals surface area contributed by atoms with Gasteiger partial charge in [-0.3, -0.25) is 4.79 Å². The summed E-state index contributed by atoms with van der Waals surface area (Å²) in [6.07, 6.45) is -0.555. The fourth-order valence-electron chi connectivity index (χ4n) is 1.65. The highest BCUT2D eigenvalue weighted by Gasteiger charge is 2.18. The lowest BCUT2D eigenvalue weighted by molar-refractivity contribution is -0.135. The zero-order valence-electron chi connectivity index (χ0n) is 12.0. The molecular formula is C14H21ClN2O2. The number of halogens is 1. The maximum absolute atomic E-state index is 11.7. The van der Waals surface area contributed by atoms with E-state index in [1.165, 1.54) is 4.90 Å². The molecule has 1 rings (SSSR count). The van der Waals surface area contributed by atoms with Crippen LogP contribution >= 0.6 is 11.6 Å². The van der Waals surface area contributed by atoms with Gasteiger partial charge in [-0.2, -0.15) is 0 Å². The summed E-state index contributed by atoms with van der Waals surface area (Å²) in [5.41, 5.74) is 1.08. The SMILES string of the molecule is CNC(C)c1ccc(OC(C)C(=O)N(C)C)c(Cl)c1. The van der Waals surface area contributed by atoms with E-state index in [9.17, 15) is 4.79 Å². The summed E-state index contributed by atoms with van der Waals surface area (Å²) < 4.78 is 5.59. The minimum atomic E-state index is -0.555. The van der Waals surface area contributed by atoms with Crippen LogP contribution in [0.3, 0.4) is 0 Å². The van der Waals surface area contributed by atoms with Crippen LogP contribution in [0.4, 0.5) is 0 Å². The van der Waals surface area contributed by atoms with Gasteiger partial charge in [0.2, 0.25) is 0 Å². The maximum Gasteiger partial charge on any atom is 0.262 e. The predicted molar refractivity (Wildman–Crippen MR) is 77.7 cm³/mol. The molecule has 2 atom stereocenters. The molecule has 1 aromatic rings. The van der Waals surface area contributed by atoms with Gasteiger partial charge in [-0.1, -0.05) is 17.7 Å². The zero-order chi connectivity index (χ0) is 14.6. The number of ether oxygens (including phenoxy) is 1. The number of likely N-dealkylation sites (N-methyl/N-ethyl adjacent to an activating group) is 1. The Morgan fingerprint density at radius 2 is 2.00 bits per heavy atom. The molecule has 0 aliphatic carbocycles. The van der Waals surface area contributed by atoms with E-state index in [1.54, 1.807) is 27.1 Å². The van der Waals surface area contributed by atoms with E-state index in [-0.39, 0.29) is 11.9 Å². The van der Waals surface area contributed by atoms with E-state index in [4.69, 9.17) is 16.3 Å². The highest BCUT2D eigenvalue weighted by atomic mass is 35.5. The van der Waals surface area contributed by atoms with E-state index in [0.717, 1.165) is 5.56 Å². The van der Waals surface area contributed by atoms with Crippen LogP contribution in [0.1, 0.15) is 25.5 Å². The lowest BCUT2D eigenvalue weighted by atomic mass is 10.1. The monoisotopic (exact) mass is 284 g/mol. The van der Waals surface area contributed by atoms with E-state index >= 15 is 0 Å². The van der Waals surface area contributed by atoms with Crippen molar-refractivity contribution in [3.63, 3.8) is 0 Å². The highest BCUT2D eigenvalue weighted by Crippen LogP contribution is 2.28. The van der Waals surface area contributed by atoms with Crippen molar-refractivity contribution in [1.82, 2.24) is 10.2 Å². The van der Waals surface area contributed by atoms with Gasteiger partial charge in [0, 0.05) is 20.1 Å². The fraction of sp³-hybridized carbons (Fsp3) is 0.500. The van der Waals surface area contributed by atoms with Crippen molar-refractivity contribution in [3.8, 4) is 5.75 Å². The third-order valence-electron chi connectivity index (χ3n) is 2.98. The van der Waals surface area contributed by atoms with Gasteiger partial charge in [0.1, 0.15) is 5.75 Å². The summed E-state index contributed by atoms with van der Waals surface area (Å²) in [6.45, 7) is 3.76. The van der Waals surface area contributed by atoms with Gasteiger partial charge in [0.05, 0.1) is 5.02 Å². The minimum Gasteiger partial charge on any atom is -0.479 e. The van der Waals surface area contributed by atoms with Gasteiger partial charge in [0.25, 0.3) is 5.91 Å². The molecule has 0 aliphatic heterocycles. The van der Waals surface area contributed by atoms with Gasteiger partial charge >= 0.3 is 0 Å². The number of carbonyl (C=O) groups is 1. The van der Waals surface area contributed by atoms with Crippen molar-refractivity contribution < 1.29 is 9.53 Å². The number of nitrogens with one attached hydrogen (secondary N) is 1. The molecular weight excluding hydrogens is 264 g/mol. The van der Waals surface area contributed by atoms with Crippen LogP contribution in [0.5, 0.6) is 5.75 Å². The van der Waals surface area contributed by atoms with Crippen molar-refractivity contribution >= 4 is 17.5 Å². The molecule has 0 saturated carbocycles. The van der Waals surface area contributed by atoms with Gasteiger partial charge in [-0.25, -0.2) is 0 Å². The van der Waals surface area contributed by atoms with Crippen molar-refractivity contribution in [2.24, 2.45) is 0 Å². The zero-order valence-corrected chi connectivity index (χ0v) is 12.8. The molecule has 0 fully saturated rings. The molecule has 106 valence electrons. The molecule has 1 N–H and O–H groups in total. The molecule has 5 heteroatoms. The quantitative estimate of drug-likeness (QED) is 0.903. The smallest absolute Gasteiger partial charge is 0.262 e. The molecule has 1 aromatic carbocycles. The molecule has 2 unspecified atom stereocenters. The lowest BCUT2D eigenvalue weighted by Gasteiger charge is -2.19. The van der Waals surface area contributed by atoms with Crippen LogP contribution in [0, 0.1) is 0 Å². The summed E-state index contributed by atoms with van der Waals surface area (Å²) in [5.74, 6) is 0.431. The van der Waals surface area contributed by atoms with E-state index in [0.29, 0.717) is 10.8 Å². The Hall–Kier alpha value is -1.26. The number of hydrogen-bond donors (Lipinski definition) is 1. The first-order valence-corrected chi connectivity index (χ1v) is 6.59. The van der Waals surface area contributed by atoms with Gasteiger partial charge in [0.15, 0.2) is 6.10 Å². The summed E-state index contributed by atoms with van der Waals surface area (Å²) in [5, 5.41) is 3.65. The molecule has 4 nitrogen and oxygen atoms in total. The van der Waals surface area contributed by atoms with E-state index < -0.39 is 6.10 Å². The molecule has 0 heterocycles. The van der Waals surface area contributed by atoms with E-state index in [2.05, 4.69) is 5.32 Å². The molecule has 0 saturated heterocycles. The van der Waals surface area contributed by atoms with Crippen LogP contribution in [-0.2, 0) is 4.79 Å². The lowest BCUT2D eigenvalue weighted by Crippen LogP contribution is -2.35. The third-order valence-corrected chi connectivity index (χ3v) is 3.28. The minimum absolute atomic E-state index is 0.0938. The van der Waals surface area contributed by atoms with Crippen LogP contribution in [0.25, 0.3) is 0 Å². The Morgan fingerprint density at radius 3 is 2.47 bits per heavy atom. The second kappa shape index (κ2) is 6.78. The van der Waals surface area contributed by atoms with Crippen molar-refractivity contribution in [3.05, 3.63) is 28.8 Å². The number of carbonyl (C=O) groups excluding carboxylic acids is 1. The normalized spacial score (nSPS) is 13.8. The summed E-state index contributed by atoms with van der Waals surface area (Å²) >= 11 is 6.18. The third kappa shape index (κ3) is 4.11. The van der Waals surface area contributed by atoms with Crippen LogP contribution < -0.4 is 10.1 Å². The topological polar surface area (TPSA) is 41.6 Å². The Labute approximate surface area is 119 Å². The number of benzene rings is 1. The Morgan fingerprint density at radius 1 is 1.37 bits per heavy atom. The molecule has 0 spiro atoms. The number of amides is 1.